The van der Waals surface area contributed by atoms with E-state index in [2.05, 4.69) is 4.98 Å². The van der Waals surface area contributed by atoms with Gasteiger partial charge in [-0.05, 0) is 24.6 Å². The van der Waals surface area contributed by atoms with Gasteiger partial charge in [0.2, 0.25) is 5.95 Å². The average molecular weight is 269 g/mol. The largest absolute Gasteiger partial charge is 0.369 e. The molecule has 0 saturated carbocycles. The third kappa shape index (κ3) is 1.74. The highest BCUT2D eigenvalue weighted by Crippen LogP contribution is 2.30. The summed E-state index contributed by atoms with van der Waals surface area (Å²) in [6.45, 7) is 0. The van der Waals surface area contributed by atoms with Gasteiger partial charge in [-0.2, -0.15) is 0 Å². The van der Waals surface area contributed by atoms with E-state index < -0.39 is 9.84 Å². The van der Waals surface area contributed by atoms with Crippen LogP contribution in [0.4, 0.5) is 10.3 Å². The van der Waals surface area contributed by atoms with Crippen molar-refractivity contribution in [2.75, 3.05) is 17.2 Å². The maximum atomic E-state index is 13.3. The van der Waals surface area contributed by atoms with Crippen molar-refractivity contribution in [3.63, 3.8) is 0 Å². The molecule has 1 saturated heterocycles. The first-order chi connectivity index (χ1) is 8.46. The molecule has 0 aliphatic carbocycles. The van der Waals surface area contributed by atoms with E-state index in [-0.39, 0.29) is 29.3 Å². The molecule has 2 heterocycles. The second kappa shape index (κ2) is 3.68. The van der Waals surface area contributed by atoms with Gasteiger partial charge in [0.15, 0.2) is 9.84 Å². The molecule has 0 radical (unpaired) electrons. The molecule has 0 bridgehead atoms. The highest BCUT2D eigenvalue weighted by Gasteiger charge is 2.31. The molecule has 2 aromatic rings. The molecule has 0 amide bonds. The molecule has 1 aromatic carbocycles. The Labute approximate surface area is 103 Å². The molecule has 2 N–H and O–H groups in total. The molecule has 1 aliphatic heterocycles. The summed E-state index contributed by atoms with van der Waals surface area (Å²) in [6, 6.07) is 3.94. The second-order valence-electron chi connectivity index (χ2n) is 4.53. The molecule has 18 heavy (non-hydrogen) atoms. The van der Waals surface area contributed by atoms with Gasteiger partial charge >= 0.3 is 0 Å². The van der Waals surface area contributed by atoms with Gasteiger partial charge in [0.25, 0.3) is 0 Å². The lowest BCUT2D eigenvalue weighted by molar-refractivity contribution is 0.573. The quantitative estimate of drug-likeness (QED) is 0.841. The molecule has 96 valence electrons. The highest BCUT2D eigenvalue weighted by atomic mass is 32.2. The molecule has 1 unspecified atom stereocenters. The van der Waals surface area contributed by atoms with Crippen LogP contribution < -0.4 is 5.73 Å². The van der Waals surface area contributed by atoms with Gasteiger partial charge in [-0.1, -0.05) is 0 Å². The Morgan fingerprint density at radius 2 is 2.22 bits per heavy atom. The standard InChI is InChI=1S/C11H12FN3O2S/c12-7-1-2-9-10(5-7)15(11(13)14-9)8-3-4-18(16,17)6-8/h1-2,5,8H,3-4,6H2,(H2,13,14). The second-order valence-corrected chi connectivity index (χ2v) is 6.76. The molecule has 3 rings (SSSR count). The zero-order valence-electron chi connectivity index (χ0n) is 9.51. The Hall–Kier alpha value is -1.63. The van der Waals surface area contributed by atoms with E-state index >= 15 is 0 Å². The Morgan fingerprint density at radius 3 is 2.89 bits per heavy atom. The monoisotopic (exact) mass is 269 g/mol. The van der Waals surface area contributed by atoms with E-state index in [9.17, 15) is 12.8 Å². The summed E-state index contributed by atoms with van der Waals surface area (Å²) in [6.07, 6.45) is 0.495. The average Bonchev–Trinajstić information content (AvgIpc) is 2.77. The SMILES string of the molecule is Nc1nc2ccc(F)cc2n1C1CCS(=O)(=O)C1. The maximum absolute atomic E-state index is 13.3. The summed E-state index contributed by atoms with van der Waals surface area (Å²) in [5.74, 6) is 0.0350. The number of hydrogen-bond donors (Lipinski definition) is 1. The topological polar surface area (TPSA) is 78.0 Å². The summed E-state index contributed by atoms with van der Waals surface area (Å²) in [7, 11) is -3.01. The van der Waals surface area contributed by atoms with Crippen molar-refractivity contribution in [3.8, 4) is 0 Å². The van der Waals surface area contributed by atoms with Crippen molar-refractivity contribution in [1.29, 1.82) is 0 Å². The van der Waals surface area contributed by atoms with Crippen LogP contribution in [0.25, 0.3) is 11.0 Å². The van der Waals surface area contributed by atoms with Crippen molar-refractivity contribution < 1.29 is 12.8 Å². The van der Waals surface area contributed by atoms with Crippen molar-refractivity contribution >= 4 is 26.8 Å². The fraction of sp³-hybridized carbons (Fsp3) is 0.364. The number of aromatic nitrogens is 2. The van der Waals surface area contributed by atoms with Gasteiger partial charge in [0.1, 0.15) is 5.82 Å². The minimum Gasteiger partial charge on any atom is -0.369 e. The number of nitrogen functional groups attached to an aromatic ring is 1. The number of nitrogens with zero attached hydrogens (tertiary/aromatic N) is 2. The number of benzene rings is 1. The van der Waals surface area contributed by atoms with Gasteiger partial charge in [0.05, 0.1) is 28.6 Å². The van der Waals surface area contributed by atoms with Crippen LogP contribution in [0, 0.1) is 5.82 Å². The Kier molecular flexibility index (Phi) is 2.34. The first kappa shape index (κ1) is 11.5. The Balaban J connectivity index is 2.17. The third-order valence-electron chi connectivity index (χ3n) is 3.25. The predicted molar refractivity (Wildman–Crippen MR) is 66.4 cm³/mol. The lowest BCUT2D eigenvalue weighted by Crippen LogP contribution is -2.13. The number of halogens is 1. The highest BCUT2D eigenvalue weighted by molar-refractivity contribution is 7.91. The zero-order chi connectivity index (χ0) is 12.9. The number of fused-ring (bicyclic) bond motifs is 1. The maximum Gasteiger partial charge on any atom is 0.201 e. The Morgan fingerprint density at radius 1 is 1.44 bits per heavy atom. The van der Waals surface area contributed by atoms with E-state index in [1.807, 2.05) is 0 Å². The van der Waals surface area contributed by atoms with Crippen molar-refractivity contribution in [2.24, 2.45) is 0 Å². The van der Waals surface area contributed by atoms with Crippen LogP contribution in [-0.2, 0) is 9.84 Å². The first-order valence-electron chi connectivity index (χ1n) is 5.60. The fourth-order valence-electron chi connectivity index (χ4n) is 2.45. The normalized spacial score (nSPS) is 22.6. The molecule has 1 aliphatic rings. The van der Waals surface area contributed by atoms with Gasteiger partial charge in [-0.15, -0.1) is 0 Å². The van der Waals surface area contributed by atoms with Crippen molar-refractivity contribution in [2.45, 2.75) is 12.5 Å². The van der Waals surface area contributed by atoms with Crippen LogP contribution in [0.5, 0.6) is 0 Å². The number of rotatable bonds is 1. The molecule has 7 heteroatoms. The zero-order valence-corrected chi connectivity index (χ0v) is 10.3. The van der Waals surface area contributed by atoms with E-state index in [0.29, 0.717) is 17.5 Å². The third-order valence-corrected chi connectivity index (χ3v) is 5.00. The van der Waals surface area contributed by atoms with E-state index in [0.717, 1.165) is 0 Å². The lowest BCUT2D eigenvalue weighted by atomic mass is 10.2. The van der Waals surface area contributed by atoms with E-state index in [4.69, 9.17) is 5.73 Å². The van der Waals surface area contributed by atoms with Crippen molar-refractivity contribution in [1.82, 2.24) is 9.55 Å². The lowest BCUT2D eigenvalue weighted by Gasteiger charge is -2.12. The summed E-state index contributed by atoms with van der Waals surface area (Å²) in [5.41, 5.74) is 6.94. The predicted octanol–water partition coefficient (Wildman–Crippen LogP) is 1.12. The number of hydrogen-bond acceptors (Lipinski definition) is 4. The molecule has 5 nitrogen and oxygen atoms in total. The molecule has 1 aromatic heterocycles. The summed E-state index contributed by atoms with van der Waals surface area (Å²) >= 11 is 0. The summed E-state index contributed by atoms with van der Waals surface area (Å²) in [5, 5.41) is 0. The molecule has 1 fully saturated rings. The van der Waals surface area contributed by atoms with Crippen molar-refractivity contribution in [3.05, 3.63) is 24.0 Å². The van der Waals surface area contributed by atoms with Gasteiger partial charge in [0, 0.05) is 0 Å². The van der Waals surface area contributed by atoms with Gasteiger partial charge in [-0.3, -0.25) is 0 Å². The molecular formula is C11H12FN3O2S. The van der Waals surface area contributed by atoms with Crippen LogP contribution in [-0.4, -0.2) is 29.5 Å². The fourth-order valence-corrected chi connectivity index (χ4v) is 4.15. The van der Waals surface area contributed by atoms with E-state index in [1.54, 1.807) is 10.6 Å². The van der Waals surface area contributed by atoms with Crippen LogP contribution in [0.2, 0.25) is 0 Å². The minimum atomic E-state index is -3.01. The number of imidazole rings is 1. The first-order valence-corrected chi connectivity index (χ1v) is 7.42. The number of nitrogens with two attached hydrogens (primary N) is 1. The molecule has 0 spiro atoms. The summed E-state index contributed by atoms with van der Waals surface area (Å²) < 4.78 is 37.9. The summed E-state index contributed by atoms with van der Waals surface area (Å²) in [4.78, 5) is 4.13. The van der Waals surface area contributed by atoms with Crippen LogP contribution >= 0.6 is 0 Å². The molecule has 1 atom stereocenters. The number of anilines is 1. The van der Waals surface area contributed by atoms with Gasteiger partial charge in [-0.25, -0.2) is 17.8 Å². The van der Waals surface area contributed by atoms with Gasteiger partial charge < -0.3 is 10.3 Å². The van der Waals surface area contributed by atoms with Crippen LogP contribution in [0.15, 0.2) is 18.2 Å². The van der Waals surface area contributed by atoms with E-state index in [1.165, 1.54) is 12.1 Å². The molecular weight excluding hydrogens is 257 g/mol. The van der Waals surface area contributed by atoms with Crippen LogP contribution in [0.3, 0.4) is 0 Å². The number of sulfone groups is 1. The smallest absolute Gasteiger partial charge is 0.201 e. The minimum absolute atomic E-state index is 0.0408. The Bertz CT molecular complexity index is 723. The van der Waals surface area contributed by atoms with Crippen LogP contribution in [0.1, 0.15) is 12.5 Å².